The van der Waals surface area contributed by atoms with Crippen molar-refractivity contribution in [1.29, 1.82) is 0 Å². The van der Waals surface area contributed by atoms with E-state index in [0.29, 0.717) is 6.29 Å². The van der Waals surface area contributed by atoms with Gasteiger partial charge in [0.1, 0.15) is 6.61 Å². The molecule has 0 fully saturated rings. The second-order valence-electron chi connectivity index (χ2n) is 1.73. The first kappa shape index (κ1) is 10.4. The molecule has 0 heterocycles. The van der Waals surface area contributed by atoms with Gasteiger partial charge in [-0.15, -0.1) is 0 Å². The minimum Gasteiger partial charge on any atom is -0.494 e. The summed E-state index contributed by atoms with van der Waals surface area (Å²) in [6.45, 7) is 3.21. The zero-order valence-electron chi connectivity index (χ0n) is 6.56. The molecule has 0 saturated heterocycles. The molecule has 0 aromatic carbocycles. The van der Waals surface area contributed by atoms with Gasteiger partial charge in [-0.1, -0.05) is 6.58 Å². The summed E-state index contributed by atoms with van der Waals surface area (Å²) in [5.74, 6) is -0.420. The lowest BCUT2D eigenvalue weighted by Crippen LogP contribution is -1.96. The van der Waals surface area contributed by atoms with E-state index in [2.05, 4.69) is 16.1 Å². The Morgan fingerprint density at radius 3 is 2.83 bits per heavy atom. The Hall–Kier alpha value is -1.58. The van der Waals surface area contributed by atoms with E-state index < -0.39 is 5.97 Å². The minimum absolute atomic E-state index is 0.00694. The average Bonchev–Trinajstić information content (AvgIpc) is 2.05. The lowest BCUT2D eigenvalue weighted by Gasteiger charge is -1.93. The standard InChI is InChI=1S/C8H10O4/c1-2-12-8(10)4-3-6-11-7-5-9/h2-3,5-6H,1,4,7H2. The SMILES string of the molecule is C=COC(=O)CC=COCC=O. The molecular formula is C8H10O4. The van der Waals surface area contributed by atoms with Gasteiger partial charge in [-0.05, 0) is 6.08 Å². The van der Waals surface area contributed by atoms with Crippen molar-refractivity contribution in [3.8, 4) is 0 Å². The smallest absolute Gasteiger partial charge is 0.314 e. The fraction of sp³-hybridized carbons (Fsp3) is 0.250. The van der Waals surface area contributed by atoms with Gasteiger partial charge in [-0.25, -0.2) is 0 Å². The van der Waals surface area contributed by atoms with Crippen LogP contribution in [0.5, 0.6) is 0 Å². The second-order valence-corrected chi connectivity index (χ2v) is 1.73. The number of esters is 1. The number of hydrogen-bond donors (Lipinski definition) is 0. The lowest BCUT2D eigenvalue weighted by molar-refractivity contribution is -0.136. The van der Waals surface area contributed by atoms with Crippen molar-refractivity contribution in [2.45, 2.75) is 6.42 Å². The molecule has 0 aromatic rings. The van der Waals surface area contributed by atoms with Crippen LogP contribution in [0, 0.1) is 0 Å². The van der Waals surface area contributed by atoms with E-state index in [4.69, 9.17) is 0 Å². The maximum Gasteiger partial charge on any atom is 0.314 e. The first-order valence-corrected chi connectivity index (χ1v) is 3.32. The predicted molar refractivity (Wildman–Crippen MR) is 42.1 cm³/mol. The summed E-state index contributed by atoms with van der Waals surface area (Å²) in [6.07, 6.45) is 4.51. The molecule has 0 bridgehead atoms. The van der Waals surface area contributed by atoms with Gasteiger partial charge in [-0.3, -0.25) is 9.59 Å². The number of ether oxygens (including phenoxy) is 2. The van der Waals surface area contributed by atoms with E-state index in [0.717, 1.165) is 6.26 Å². The fourth-order valence-corrected chi connectivity index (χ4v) is 0.448. The van der Waals surface area contributed by atoms with Crippen LogP contribution in [0.2, 0.25) is 0 Å². The van der Waals surface area contributed by atoms with Gasteiger partial charge >= 0.3 is 5.97 Å². The summed E-state index contributed by atoms with van der Waals surface area (Å²) in [4.78, 5) is 20.3. The summed E-state index contributed by atoms with van der Waals surface area (Å²) in [7, 11) is 0. The van der Waals surface area contributed by atoms with Crippen molar-refractivity contribution in [2.75, 3.05) is 6.61 Å². The fourth-order valence-electron chi connectivity index (χ4n) is 0.448. The molecule has 0 spiro atoms. The molecule has 12 heavy (non-hydrogen) atoms. The summed E-state index contributed by atoms with van der Waals surface area (Å²) < 4.78 is 9.03. The van der Waals surface area contributed by atoms with Crippen molar-refractivity contribution in [1.82, 2.24) is 0 Å². The van der Waals surface area contributed by atoms with Gasteiger partial charge in [0.05, 0.1) is 18.9 Å². The molecule has 0 aromatic heterocycles. The van der Waals surface area contributed by atoms with Crippen LogP contribution in [0.25, 0.3) is 0 Å². The van der Waals surface area contributed by atoms with Gasteiger partial charge < -0.3 is 9.47 Å². The topological polar surface area (TPSA) is 52.6 Å². The third kappa shape index (κ3) is 6.54. The normalized spacial score (nSPS) is 9.33. The van der Waals surface area contributed by atoms with Crippen molar-refractivity contribution < 1.29 is 19.1 Å². The zero-order chi connectivity index (χ0) is 9.23. The molecule has 0 aliphatic carbocycles. The lowest BCUT2D eigenvalue weighted by atomic mass is 10.4. The molecular weight excluding hydrogens is 160 g/mol. The minimum atomic E-state index is -0.420. The molecule has 0 unspecified atom stereocenters. The van der Waals surface area contributed by atoms with E-state index in [9.17, 15) is 9.59 Å². The molecule has 0 N–H and O–H groups in total. The van der Waals surface area contributed by atoms with Crippen molar-refractivity contribution in [3.63, 3.8) is 0 Å². The number of hydrogen-bond acceptors (Lipinski definition) is 4. The Kier molecular flexibility index (Phi) is 6.54. The number of rotatable bonds is 6. The van der Waals surface area contributed by atoms with Gasteiger partial charge in [0.15, 0.2) is 6.29 Å². The Labute approximate surface area is 70.5 Å². The largest absolute Gasteiger partial charge is 0.494 e. The third-order valence-corrected chi connectivity index (χ3v) is 0.856. The third-order valence-electron chi connectivity index (χ3n) is 0.856. The van der Waals surface area contributed by atoms with Crippen LogP contribution < -0.4 is 0 Å². The Bertz CT molecular complexity index is 183. The molecule has 4 nitrogen and oxygen atoms in total. The molecule has 0 saturated carbocycles. The highest BCUT2D eigenvalue weighted by Gasteiger charge is 1.94. The van der Waals surface area contributed by atoms with Crippen LogP contribution in [0.4, 0.5) is 0 Å². The monoisotopic (exact) mass is 170 g/mol. The average molecular weight is 170 g/mol. The maximum absolute atomic E-state index is 10.6. The van der Waals surface area contributed by atoms with E-state index in [-0.39, 0.29) is 13.0 Å². The first-order valence-electron chi connectivity index (χ1n) is 3.32. The highest BCUT2D eigenvalue weighted by molar-refractivity contribution is 5.71. The highest BCUT2D eigenvalue weighted by Crippen LogP contribution is 1.88. The van der Waals surface area contributed by atoms with Crippen molar-refractivity contribution in [2.24, 2.45) is 0 Å². The summed E-state index contributed by atoms with van der Waals surface area (Å²) >= 11 is 0. The number of aldehydes is 1. The summed E-state index contributed by atoms with van der Waals surface area (Å²) in [5.41, 5.74) is 0. The zero-order valence-corrected chi connectivity index (χ0v) is 6.56. The first-order chi connectivity index (χ1) is 5.81. The van der Waals surface area contributed by atoms with Gasteiger partial charge in [0.25, 0.3) is 0 Å². The summed E-state index contributed by atoms with van der Waals surface area (Å²) in [5, 5.41) is 0. The quantitative estimate of drug-likeness (QED) is 0.256. The van der Waals surface area contributed by atoms with Crippen molar-refractivity contribution in [3.05, 3.63) is 25.2 Å². The van der Waals surface area contributed by atoms with Crippen LogP contribution in [-0.2, 0) is 19.1 Å². The van der Waals surface area contributed by atoms with Crippen LogP contribution in [-0.4, -0.2) is 18.9 Å². The van der Waals surface area contributed by atoms with E-state index >= 15 is 0 Å². The Morgan fingerprint density at radius 1 is 1.50 bits per heavy atom. The van der Waals surface area contributed by atoms with Crippen LogP contribution in [0.1, 0.15) is 6.42 Å². The molecule has 0 radical (unpaired) electrons. The molecule has 0 rings (SSSR count). The molecule has 66 valence electrons. The maximum atomic E-state index is 10.6. The molecule has 4 heteroatoms. The second kappa shape index (κ2) is 7.53. The van der Waals surface area contributed by atoms with Crippen molar-refractivity contribution >= 4 is 12.3 Å². The molecule has 0 aliphatic rings. The van der Waals surface area contributed by atoms with Gasteiger partial charge in [-0.2, -0.15) is 0 Å². The van der Waals surface area contributed by atoms with E-state index in [1.807, 2.05) is 0 Å². The van der Waals surface area contributed by atoms with Gasteiger partial charge in [0, 0.05) is 0 Å². The molecule has 0 amide bonds. The van der Waals surface area contributed by atoms with Crippen LogP contribution in [0.15, 0.2) is 25.2 Å². The Morgan fingerprint density at radius 2 is 2.25 bits per heavy atom. The highest BCUT2D eigenvalue weighted by atomic mass is 16.5. The predicted octanol–water partition coefficient (Wildman–Crippen LogP) is 0.792. The molecule has 0 atom stereocenters. The van der Waals surface area contributed by atoms with Crippen LogP contribution in [0.3, 0.4) is 0 Å². The van der Waals surface area contributed by atoms with Crippen LogP contribution >= 0.6 is 0 Å². The van der Waals surface area contributed by atoms with E-state index in [1.165, 1.54) is 12.3 Å². The summed E-state index contributed by atoms with van der Waals surface area (Å²) in [6, 6.07) is 0. The van der Waals surface area contributed by atoms with E-state index in [1.54, 1.807) is 0 Å². The van der Waals surface area contributed by atoms with Gasteiger partial charge in [0.2, 0.25) is 0 Å². The molecule has 0 aliphatic heterocycles. The number of carbonyl (C=O) groups excluding carboxylic acids is 2. The number of carbonyl (C=O) groups is 2. The Balaban J connectivity index is 3.39.